The number of thioether (sulfide) groups is 1. The van der Waals surface area contributed by atoms with Crippen LogP contribution in [-0.4, -0.2) is 24.6 Å². The van der Waals surface area contributed by atoms with Gasteiger partial charge in [0.2, 0.25) is 0 Å². The zero-order valence-electron chi connectivity index (χ0n) is 10.3. The first-order chi connectivity index (χ1) is 6.70. The van der Waals surface area contributed by atoms with Crippen LogP contribution in [0.25, 0.3) is 0 Å². The lowest BCUT2D eigenvalue weighted by Gasteiger charge is -2.16. The summed E-state index contributed by atoms with van der Waals surface area (Å²) in [6, 6.07) is 0.700. The summed E-state index contributed by atoms with van der Waals surface area (Å²) in [6.45, 7) is 8.07. The van der Waals surface area contributed by atoms with Crippen LogP contribution < -0.4 is 5.32 Å². The molecule has 2 unspecified atom stereocenters. The standard InChI is InChI=1S/C12H27NS/c1-5-6-7-8-12(3)13-9-11(2)10-14-4/h11-13H,5-10H2,1-4H3. The highest BCUT2D eigenvalue weighted by Gasteiger charge is 2.04. The molecule has 0 saturated carbocycles. The SMILES string of the molecule is CCCCCC(C)NCC(C)CSC. The van der Waals surface area contributed by atoms with Gasteiger partial charge in [0.05, 0.1) is 0 Å². The van der Waals surface area contributed by atoms with E-state index in [4.69, 9.17) is 0 Å². The van der Waals surface area contributed by atoms with Gasteiger partial charge in [-0.1, -0.05) is 33.1 Å². The van der Waals surface area contributed by atoms with Crippen LogP contribution in [0.2, 0.25) is 0 Å². The van der Waals surface area contributed by atoms with Gasteiger partial charge in [0.25, 0.3) is 0 Å². The predicted molar refractivity (Wildman–Crippen MR) is 69.2 cm³/mol. The van der Waals surface area contributed by atoms with Gasteiger partial charge in [-0.3, -0.25) is 0 Å². The molecule has 1 N–H and O–H groups in total. The first kappa shape index (κ1) is 14.3. The molecule has 0 aromatic heterocycles. The minimum Gasteiger partial charge on any atom is -0.314 e. The molecule has 0 bridgehead atoms. The molecule has 0 spiro atoms. The molecule has 1 nitrogen and oxygen atoms in total. The average Bonchev–Trinajstić information content (AvgIpc) is 2.16. The second-order valence-electron chi connectivity index (χ2n) is 4.37. The summed E-state index contributed by atoms with van der Waals surface area (Å²) in [5.41, 5.74) is 0. The Balaban J connectivity index is 3.29. The van der Waals surface area contributed by atoms with Crippen molar-refractivity contribution in [2.45, 2.75) is 52.5 Å². The summed E-state index contributed by atoms with van der Waals surface area (Å²) in [5, 5.41) is 3.61. The molecular formula is C12H27NS. The van der Waals surface area contributed by atoms with Gasteiger partial charge in [-0.05, 0) is 37.8 Å². The number of hydrogen-bond acceptors (Lipinski definition) is 2. The van der Waals surface area contributed by atoms with Crippen molar-refractivity contribution < 1.29 is 0 Å². The highest BCUT2D eigenvalue weighted by atomic mass is 32.2. The van der Waals surface area contributed by atoms with Crippen molar-refractivity contribution in [3.8, 4) is 0 Å². The quantitative estimate of drug-likeness (QED) is 0.593. The number of nitrogens with one attached hydrogen (secondary N) is 1. The van der Waals surface area contributed by atoms with Gasteiger partial charge < -0.3 is 5.32 Å². The Kier molecular flexibility index (Phi) is 10.1. The maximum atomic E-state index is 3.61. The first-order valence-corrected chi connectivity index (χ1v) is 7.32. The molecule has 0 heterocycles. The summed E-state index contributed by atoms with van der Waals surface area (Å²) in [7, 11) is 0. The van der Waals surface area contributed by atoms with Crippen LogP contribution in [0, 0.1) is 5.92 Å². The molecule has 2 atom stereocenters. The first-order valence-electron chi connectivity index (χ1n) is 5.93. The molecule has 0 amide bonds. The maximum absolute atomic E-state index is 3.61. The highest BCUT2D eigenvalue weighted by molar-refractivity contribution is 7.98. The van der Waals surface area contributed by atoms with Crippen LogP contribution in [0.5, 0.6) is 0 Å². The smallest absolute Gasteiger partial charge is 0.00388 e. The van der Waals surface area contributed by atoms with Crippen LogP contribution in [0.15, 0.2) is 0 Å². The summed E-state index contributed by atoms with van der Waals surface area (Å²) in [4.78, 5) is 0. The van der Waals surface area contributed by atoms with Crippen LogP contribution >= 0.6 is 11.8 Å². The topological polar surface area (TPSA) is 12.0 Å². The normalized spacial score (nSPS) is 15.4. The second-order valence-corrected chi connectivity index (χ2v) is 5.28. The number of rotatable bonds is 9. The van der Waals surface area contributed by atoms with Gasteiger partial charge in [-0.25, -0.2) is 0 Å². The van der Waals surface area contributed by atoms with Crippen molar-refractivity contribution in [2.24, 2.45) is 5.92 Å². The van der Waals surface area contributed by atoms with Crippen LogP contribution in [0.4, 0.5) is 0 Å². The zero-order valence-corrected chi connectivity index (χ0v) is 11.1. The fraction of sp³-hybridized carbons (Fsp3) is 1.00. The predicted octanol–water partition coefficient (Wildman–Crippen LogP) is 3.54. The van der Waals surface area contributed by atoms with E-state index in [1.807, 2.05) is 11.8 Å². The Labute approximate surface area is 94.4 Å². The molecule has 0 aliphatic carbocycles. The molecule has 14 heavy (non-hydrogen) atoms. The van der Waals surface area contributed by atoms with Gasteiger partial charge in [-0.2, -0.15) is 11.8 Å². The van der Waals surface area contributed by atoms with Crippen molar-refractivity contribution in [2.75, 3.05) is 18.6 Å². The van der Waals surface area contributed by atoms with E-state index in [1.165, 1.54) is 38.0 Å². The minimum atomic E-state index is 0.700. The molecule has 0 aliphatic heterocycles. The molecular weight excluding hydrogens is 190 g/mol. The summed E-state index contributed by atoms with van der Waals surface area (Å²) >= 11 is 1.94. The fourth-order valence-electron chi connectivity index (χ4n) is 1.55. The van der Waals surface area contributed by atoms with E-state index in [2.05, 4.69) is 32.3 Å². The number of unbranched alkanes of at least 4 members (excludes halogenated alkanes) is 2. The van der Waals surface area contributed by atoms with E-state index < -0.39 is 0 Å². The lowest BCUT2D eigenvalue weighted by molar-refractivity contribution is 0.452. The summed E-state index contributed by atoms with van der Waals surface area (Å²) < 4.78 is 0. The van der Waals surface area contributed by atoms with Crippen LogP contribution in [-0.2, 0) is 0 Å². The molecule has 86 valence electrons. The van der Waals surface area contributed by atoms with Crippen molar-refractivity contribution in [3.05, 3.63) is 0 Å². The molecule has 0 radical (unpaired) electrons. The lowest BCUT2D eigenvalue weighted by Crippen LogP contribution is -2.31. The minimum absolute atomic E-state index is 0.700. The van der Waals surface area contributed by atoms with Crippen molar-refractivity contribution in [3.63, 3.8) is 0 Å². The Morgan fingerprint density at radius 2 is 1.93 bits per heavy atom. The van der Waals surface area contributed by atoms with Gasteiger partial charge in [0.15, 0.2) is 0 Å². The van der Waals surface area contributed by atoms with E-state index in [1.54, 1.807) is 0 Å². The van der Waals surface area contributed by atoms with Crippen molar-refractivity contribution >= 4 is 11.8 Å². The molecule has 0 aromatic rings. The number of hydrogen-bond donors (Lipinski definition) is 1. The second kappa shape index (κ2) is 9.85. The Morgan fingerprint density at radius 3 is 2.50 bits per heavy atom. The van der Waals surface area contributed by atoms with Crippen molar-refractivity contribution in [1.82, 2.24) is 5.32 Å². The fourth-order valence-corrected chi connectivity index (χ4v) is 2.24. The van der Waals surface area contributed by atoms with Crippen LogP contribution in [0.3, 0.4) is 0 Å². The summed E-state index contributed by atoms with van der Waals surface area (Å²) in [6.07, 6.45) is 7.60. The van der Waals surface area contributed by atoms with E-state index in [0.717, 1.165) is 5.92 Å². The van der Waals surface area contributed by atoms with Gasteiger partial charge in [0, 0.05) is 6.04 Å². The van der Waals surface area contributed by atoms with E-state index in [9.17, 15) is 0 Å². The van der Waals surface area contributed by atoms with E-state index in [-0.39, 0.29) is 0 Å². The molecule has 0 aliphatic rings. The molecule has 0 rings (SSSR count). The van der Waals surface area contributed by atoms with Crippen molar-refractivity contribution in [1.29, 1.82) is 0 Å². The van der Waals surface area contributed by atoms with Gasteiger partial charge >= 0.3 is 0 Å². The maximum Gasteiger partial charge on any atom is 0.00388 e. The van der Waals surface area contributed by atoms with Gasteiger partial charge in [0.1, 0.15) is 0 Å². The monoisotopic (exact) mass is 217 g/mol. The van der Waals surface area contributed by atoms with Gasteiger partial charge in [-0.15, -0.1) is 0 Å². The summed E-state index contributed by atoms with van der Waals surface area (Å²) in [5.74, 6) is 2.08. The third-order valence-electron chi connectivity index (χ3n) is 2.51. The largest absolute Gasteiger partial charge is 0.314 e. The Morgan fingerprint density at radius 1 is 1.21 bits per heavy atom. The average molecular weight is 217 g/mol. The zero-order chi connectivity index (χ0) is 10.8. The molecule has 0 fully saturated rings. The highest BCUT2D eigenvalue weighted by Crippen LogP contribution is 2.06. The molecule has 0 aromatic carbocycles. The molecule has 0 saturated heterocycles. The van der Waals surface area contributed by atoms with E-state index >= 15 is 0 Å². The third kappa shape index (κ3) is 8.89. The Bertz CT molecular complexity index is 117. The Hall–Kier alpha value is 0.310. The molecule has 2 heteroatoms. The van der Waals surface area contributed by atoms with E-state index in [0.29, 0.717) is 6.04 Å². The van der Waals surface area contributed by atoms with Crippen LogP contribution in [0.1, 0.15) is 46.5 Å². The third-order valence-corrected chi connectivity index (χ3v) is 3.41. The lowest BCUT2D eigenvalue weighted by atomic mass is 10.1.